The van der Waals surface area contributed by atoms with Gasteiger partial charge in [-0.25, -0.2) is 4.39 Å². The maximum absolute atomic E-state index is 11.8. The third kappa shape index (κ3) is 19.0. The summed E-state index contributed by atoms with van der Waals surface area (Å²) >= 11 is 4.83. The van der Waals surface area contributed by atoms with Gasteiger partial charge >= 0.3 is 6.18 Å². The summed E-state index contributed by atoms with van der Waals surface area (Å²) < 4.78 is 79.1. The number of hydrogen-bond donors (Lipinski definition) is 0. The van der Waals surface area contributed by atoms with Crippen LogP contribution in [0.4, 0.5) is 30.7 Å². The molecule has 0 aliphatic rings. The minimum Gasteiger partial charge on any atom is -0.202 e. The van der Waals surface area contributed by atoms with E-state index in [0.717, 1.165) is 13.8 Å². The molecule has 0 unspecified atom stereocenters. The Morgan fingerprint density at radius 3 is 0.905 bits per heavy atom. The lowest BCUT2D eigenvalue weighted by atomic mass is 10.3. The molecule has 0 aromatic carbocycles. The third-order valence-corrected chi connectivity index (χ3v) is 1.82. The highest BCUT2D eigenvalue weighted by Gasteiger charge is 2.35. The number of halogens is 8. The van der Waals surface area contributed by atoms with E-state index in [-0.39, 0.29) is 11.1 Å². The van der Waals surface area contributed by atoms with Crippen LogP contribution in [0.3, 0.4) is 0 Å². The first-order chi connectivity index (χ1) is 9.14. The van der Waals surface area contributed by atoms with Gasteiger partial charge in [-0.05, 0) is 58.3 Å². The average Bonchev–Trinajstić information content (AvgIpc) is 2.27. The second-order valence-electron chi connectivity index (χ2n) is 4.33. The number of allylic oxidation sites excluding steroid dienone is 4. The van der Waals surface area contributed by atoms with Crippen molar-refractivity contribution in [1.82, 2.24) is 0 Å². The second-order valence-corrected chi connectivity index (χ2v) is 4.66. The fourth-order valence-electron chi connectivity index (χ4n) is 0.283. The quantitative estimate of drug-likeness (QED) is 0.401. The van der Waals surface area contributed by atoms with Crippen LogP contribution in [-0.2, 0) is 0 Å². The van der Waals surface area contributed by atoms with Crippen LogP contribution in [0, 0.1) is 0 Å². The normalized spacial score (nSPS) is 9.43. The van der Waals surface area contributed by atoms with Crippen LogP contribution < -0.4 is 0 Å². The molecular weight excluding hydrogens is 325 g/mol. The standard InChI is InChI=1S/C5H6F4.C4H6ClF.C4H6F2/c1-3(2)4(6)5(7,8)9;2*1-3(2)4(5)6/h1-2H3;2*1-2H3. The Kier molecular flexibility index (Phi) is 13.9. The van der Waals surface area contributed by atoms with Gasteiger partial charge in [0.1, 0.15) is 0 Å². The molecule has 0 atom stereocenters. The Hall–Kier alpha value is -0.980. The van der Waals surface area contributed by atoms with Crippen molar-refractivity contribution in [2.75, 3.05) is 0 Å². The van der Waals surface area contributed by atoms with Crippen molar-refractivity contribution in [1.29, 1.82) is 0 Å². The van der Waals surface area contributed by atoms with E-state index in [1.807, 2.05) is 0 Å². The summed E-state index contributed by atoms with van der Waals surface area (Å²) in [5, 5.41) is -0.602. The summed E-state index contributed by atoms with van der Waals surface area (Å²) in [5.41, 5.74) is 0.272. The van der Waals surface area contributed by atoms with Gasteiger partial charge in [-0.2, -0.15) is 26.3 Å². The molecule has 0 amide bonds. The molecule has 0 fully saturated rings. The zero-order valence-electron chi connectivity index (χ0n) is 12.5. The van der Waals surface area contributed by atoms with Gasteiger partial charge in [0.05, 0.1) is 0 Å². The summed E-state index contributed by atoms with van der Waals surface area (Å²) in [6, 6.07) is 0. The van der Waals surface area contributed by atoms with Gasteiger partial charge in [-0.3, -0.25) is 0 Å². The molecule has 126 valence electrons. The lowest BCUT2D eigenvalue weighted by molar-refractivity contribution is -0.109. The number of rotatable bonds is 0. The molecule has 0 aromatic rings. The molecule has 0 radical (unpaired) electrons. The number of alkyl halides is 3. The first-order valence-corrected chi connectivity index (χ1v) is 5.89. The summed E-state index contributed by atoms with van der Waals surface area (Å²) in [6.07, 6.45) is -6.38. The van der Waals surface area contributed by atoms with Gasteiger partial charge in [0, 0.05) is 0 Å². The molecule has 0 aliphatic carbocycles. The highest BCUT2D eigenvalue weighted by molar-refractivity contribution is 6.28. The molecule has 0 aliphatic heterocycles. The largest absolute Gasteiger partial charge is 0.442 e. The smallest absolute Gasteiger partial charge is 0.202 e. The Labute approximate surface area is 125 Å². The Morgan fingerprint density at radius 2 is 0.905 bits per heavy atom. The van der Waals surface area contributed by atoms with Crippen LogP contribution in [0.15, 0.2) is 33.9 Å². The van der Waals surface area contributed by atoms with Crippen molar-refractivity contribution in [3.63, 3.8) is 0 Å². The molecule has 21 heavy (non-hydrogen) atoms. The van der Waals surface area contributed by atoms with Gasteiger partial charge < -0.3 is 0 Å². The van der Waals surface area contributed by atoms with E-state index in [1.165, 1.54) is 13.8 Å². The van der Waals surface area contributed by atoms with Crippen molar-refractivity contribution in [2.24, 2.45) is 0 Å². The fraction of sp³-hybridized carbons (Fsp3) is 0.538. The zero-order chi connectivity index (χ0) is 18.0. The Bertz CT molecular complexity index is 341. The monoisotopic (exact) mass is 342 g/mol. The predicted molar refractivity (Wildman–Crippen MR) is 71.5 cm³/mol. The van der Waals surface area contributed by atoms with Gasteiger partial charge in [0.2, 0.25) is 5.83 Å². The summed E-state index contributed by atoms with van der Waals surface area (Å²) in [6.45, 7) is 8.11. The molecule has 0 rings (SSSR count). The van der Waals surface area contributed by atoms with Crippen LogP contribution >= 0.6 is 11.6 Å². The van der Waals surface area contributed by atoms with Crippen molar-refractivity contribution in [3.8, 4) is 0 Å². The van der Waals surface area contributed by atoms with Crippen LogP contribution in [0.25, 0.3) is 0 Å². The molecule has 0 spiro atoms. The van der Waals surface area contributed by atoms with Crippen LogP contribution in [0.5, 0.6) is 0 Å². The first-order valence-electron chi connectivity index (χ1n) is 5.51. The topological polar surface area (TPSA) is 0 Å². The van der Waals surface area contributed by atoms with Gasteiger partial charge in [-0.15, -0.1) is 0 Å². The molecule has 0 saturated carbocycles. The summed E-state index contributed by atoms with van der Waals surface area (Å²) in [7, 11) is 0. The van der Waals surface area contributed by atoms with E-state index in [4.69, 9.17) is 11.6 Å². The van der Waals surface area contributed by atoms with Crippen molar-refractivity contribution in [2.45, 2.75) is 47.7 Å². The summed E-state index contributed by atoms with van der Waals surface area (Å²) in [5.74, 6) is -2.00. The van der Waals surface area contributed by atoms with Gasteiger partial charge in [0.25, 0.3) is 6.08 Å². The van der Waals surface area contributed by atoms with E-state index in [1.54, 1.807) is 13.8 Å². The van der Waals surface area contributed by atoms with Crippen molar-refractivity contribution in [3.05, 3.63) is 33.9 Å². The Morgan fingerprint density at radius 1 is 0.667 bits per heavy atom. The first kappa shape index (κ1) is 25.0. The van der Waals surface area contributed by atoms with Gasteiger partial charge in [0.15, 0.2) is 5.29 Å². The van der Waals surface area contributed by atoms with Crippen molar-refractivity contribution >= 4 is 11.6 Å². The van der Waals surface area contributed by atoms with Gasteiger partial charge in [-0.1, -0.05) is 11.6 Å². The van der Waals surface area contributed by atoms with Crippen LogP contribution in [0.2, 0.25) is 0 Å². The fourth-order valence-corrected chi connectivity index (χ4v) is 0.283. The lowest BCUT2D eigenvalue weighted by Gasteiger charge is -2.02. The minimum absolute atomic E-state index is 0.0926. The minimum atomic E-state index is -4.81. The molecule has 0 saturated heterocycles. The predicted octanol–water partition coefficient (Wildman–Crippen LogP) is 7.44. The van der Waals surface area contributed by atoms with Crippen molar-refractivity contribution < 1.29 is 30.7 Å². The highest BCUT2D eigenvalue weighted by atomic mass is 35.5. The molecule has 8 heteroatoms. The zero-order valence-corrected chi connectivity index (χ0v) is 13.3. The van der Waals surface area contributed by atoms with E-state index in [9.17, 15) is 30.7 Å². The van der Waals surface area contributed by atoms with E-state index < -0.39 is 23.4 Å². The molecule has 0 aromatic heterocycles. The number of hydrogen-bond acceptors (Lipinski definition) is 0. The molecule has 0 bridgehead atoms. The maximum atomic E-state index is 11.8. The summed E-state index contributed by atoms with van der Waals surface area (Å²) in [4.78, 5) is 0. The average molecular weight is 343 g/mol. The lowest BCUT2D eigenvalue weighted by Crippen LogP contribution is -2.08. The third-order valence-electron chi connectivity index (χ3n) is 1.44. The van der Waals surface area contributed by atoms with E-state index in [0.29, 0.717) is 5.57 Å². The molecule has 0 N–H and O–H groups in total. The maximum Gasteiger partial charge on any atom is 0.442 e. The van der Waals surface area contributed by atoms with Crippen LogP contribution in [0.1, 0.15) is 41.5 Å². The van der Waals surface area contributed by atoms with E-state index >= 15 is 0 Å². The molecular formula is C13H18ClF7. The SMILES string of the molecule is CC(C)=C(F)C(F)(F)F.CC(C)=C(F)Cl.CC(C)=C(F)F. The van der Waals surface area contributed by atoms with Crippen LogP contribution in [-0.4, -0.2) is 6.18 Å². The molecule has 0 nitrogen and oxygen atoms in total. The highest BCUT2D eigenvalue weighted by Crippen LogP contribution is 2.28. The second kappa shape index (κ2) is 11.7. The molecule has 0 heterocycles. The Balaban J connectivity index is -0.000000240. The van der Waals surface area contributed by atoms with E-state index in [2.05, 4.69) is 0 Å².